The lowest BCUT2D eigenvalue weighted by molar-refractivity contribution is 0.668. The van der Waals surface area contributed by atoms with E-state index in [0.29, 0.717) is 0 Å². The first-order chi connectivity index (χ1) is 28.3. The Bertz CT molecular complexity index is 3030. The summed E-state index contributed by atoms with van der Waals surface area (Å²) in [4.78, 5) is 2.34. The van der Waals surface area contributed by atoms with E-state index in [4.69, 9.17) is 4.42 Å². The molecule has 0 radical (unpaired) electrons. The number of rotatable bonds is 5. The van der Waals surface area contributed by atoms with Crippen LogP contribution in [-0.2, 0) is 5.41 Å². The van der Waals surface area contributed by atoms with Crippen LogP contribution < -0.4 is 4.90 Å². The Morgan fingerprint density at radius 3 is 1.39 bits per heavy atom. The van der Waals surface area contributed by atoms with Crippen molar-refractivity contribution >= 4 is 39.0 Å². The number of benzene rings is 9. The van der Waals surface area contributed by atoms with Gasteiger partial charge < -0.3 is 9.32 Å². The van der Waals surface area contributed by atoms with Crippen LogP contribution in [0, 0.1) is 0 Å². The highest BCUT2D eigenvalue weighted by molar-refractivity contribution is 6.18. The van der Waals surface area contributed by atoms with Crippen LogP contribution in [0.1, 0.15) is 22.3 Å². The minimum atomic E-state index is -0.415. The normalized spacial score (nSPS) is 13.1. The number of anilines is 3. The number of hydrogen-bond donors (Lipinski definition) is 0. The Hall–Kier alpha value is -7.42. The van der Waals surface area contributed by atoms with Crippen molar-refractivity contribution in [3.63, 3.8) is 0 Å². The molecule has 0 saturated heterocycles. The molecular weight excluding hydrogens is 691 g/mol. The summed E-state index contributed by atoms with van der Waals surface area (Å²) in [7, 11) is 0. The van der Waals surface area contributed by atoms with Gasteiger partial charge >= 0.3 is 0 Å². The maximum atomic E-state index is 7.08. The molecule has 10 aromatic rings. The van der Waals surface area contributed by atoms with E-state index in [1.54, 1.807) is 0 Å². The first kappa shape index (κ1) is 31.9. The highest BCUT2D eigenvalue weighted by atomic mass is 16.3. The summed E-state index contributed by atoms with van der Waals surface area (Å²) in [5.41, 5.74) is 19.7. The van der Waals surface area contributed by atoms with Gasteiger partial charge in [0, 0.05) is 22.1 Å². The highest BCUT2D eigenvalue weighted by Crippen LogP contribution is 2.64. The summed E-state index contributed by atoms with van der Waals surface area (Å²) in [6, 6.07) is 77.1. The van der Waals surface area contributed by atoms with Crippen LogP contribution in [0.5, 0.6) is 0 Å². The van der Waals surface area contributed by atoms with Gasteiger partial charge in [-0.3, -0.25) is 0 Å². The predicted octanol–water partition coefficient (Wildman–Crippen LogP) is 14.7. The second-order valence-electron chi connectivity index (χ2n) is 15.2. The molecule has 2 heteroatoms. The largest absolute Gasteiger partial charge is 0.454 e. The van der Waals surface area contributed by atoms with E-state index in [0.717, 1.165) is 39.0 Å². The highest BCUT2D eigenvalue weighted by Gasteiger charge is 2.52. The average molecular weight is 726 g/mol. The average Bonchev–Trinajstić information content (AvgIpc) is 3.92. The molecule has 0 fully saturated rings. The molecule has 266 valence electrons. The lowest BCUT2D eigenvalue weighted by Gasteiger charge is -2.30. The summed E-state index contributed by atoms with van der Waals surface area (Å²) in [6.07, 6.45) is 0. The minimum Gasteiger partial charge on any atom is -0.454 e. The quantitative estimate of drug-likeness (QED) is 0.176. The van der Waals surface area contributed by atoms with Crippen molar-refractivity contribution in [3.05, 3.63) is 235 Å². The van der Waals surface area contributed by atoms with E-state index in [9.17, 15) is 0 Å². The van der Waals surface area contributed by atoms with E-state index in [1.807, 2.05) is 0 Å². The fourth-order valence-corrected chi connectivity index (χ4v) is 9.93. The molecule has 1 aromatic heterocycles. The van der Waals surface area contributed by atoms with Crippen LogP contribution in [0.15, 0.2) is 217 Å². The number of para-hydroxylation sites is 1. The van der Waals surface area contributed by atoms with Gasteiger partial charge in [-0.15, -0.1) is 0 Å². The molecule has 0 N–H and O–H groups in total. The van der Waals surface area contributed by atoms with Crippen LogP contribution in [0.3, 0.4) is 0 Å². The van der Waals surface area contributed by atoms with Crippen molar-refractivity contribution in [1.29, 1.82) is 0 Å². The standard InChI is InChI=1S/C55H35NO/c1-3-14-36(15-4-1)38-26-30-40(31-27-38)56(41-32-28-39(29-33-41)37-16-5-2-6-17-37)50-25-13-21-45-53-51(57-54(45)50)35-34-49-52(53)44-20-9-12-24-48(44)55(49)46-22-10-7-18-42(46)43-19-8-11-23-47(43)55/h1-35H. The zero-order valence-electron chi connectivity index (χ0n) is 31.1. The van der Waals surface area contributed by atoms with Gasteiger partial charge in [0.25, 0.3) is 0 Å². The molecule has 2 aliphatic carbocycles. The maximum absolute atomic E-state index is 7.08. The Kier molecular flexibility index (Phi) is 6.88. The van der Waals surface area contributed by atoms with Gasteiger partial charge in [0.1, 0.15) is 5.58 Å². The number of nitrogens with zero attached hydrogens (tertiary/aromatic N) is 1. The first-order valence-electron chi connectivity index (χ1n) is 19.7. The van der Waals surface area contributed by atoms with Crippen LogP contribution in [-0.4, -0.2) is 0 Å². The summed E-state index contributed by atoms with van der Waals surface area (Å²) >= 11 is 0. The molecule has 0 aliphatic heterocycles. The summed E-state index contributed by atoms with van der Waals surface area (Å²) < 4.78 is 7.08. The van der Waals surface area contributed by atoms with Crippen molar-refractivity contribution in [2.24, 2.45) is 0 Å². The smallest absolute Gasteiger partial charge is 0.159 e. The van der Waals surface area contributed by atoms with Gasteiger partial charge in [-0.1, -0.05) is 176 Å². The number of fused-ring (bicyclic) bond motifs is 14. The lowest BCUT2D eigenvalue weighted by Crippen LogP contribution is -2.25. The zero-order chi connectivity index (χ0) is 37.5. The third-order valence-corrected chi connectivity index (χ3v) is 12.3. The third-order valence-electron chi connectivity index (χ3n) is 12.3. The van der Waals surface area contributed by atoms with Crippen molar-refractivity contribution in [1.82, 2.24) is 0 Å². The van der Waals surface area contributed by atoms with Gasteiger partial charge in [0.2, 0.25) is 0 Å². The molecular formula is C55H35NO. The molecule has 2 nitrogen and oxygen atoms in total. The van der Waals surface area contributed by atoms with Crippen LogP contribution in [0.4, 0.5) is 17.1 Å². The van der Waals surface area contributed by atoms with E-state index in [-0.39, 0.29) is 0 Å². The van der Waals surface area contributed by atoms with Crippen molar-refractivity contribution in [2.75, 3.05) is 4.90 Å². The second kappa shape index (κ2) is 12.3. The minimum absolute atomic E-state index is 0.415. The van der Waals surface area contributed by atoms with Crippen molar-refractivity contribution in [3.8, 4) is 44.5 Å². The van der Waals surface area contributed by atoms with Gasteiger partial charge in [-0.05, 0) is 103 Å². The van der Waals surface area contributed by atoms with Gasteiger partial charge in [0.05, 0.1) is 11.1 Å². The number of hydrogen-bond acceptors (Lipinski definition) is 2. The fourth-order valence-electron chi connectivity index (χ4n) is 9.93. The topological polar surface area (TPSA) is 16.4 Å². The second-order valence-corrected chi connectivity index (χ2v) is 15.2. The predicted molar refractivity (Wildman–Crippen MR) is 236 cm³/mol. The summed E-state index contributed by atoms with van der Waals surface area (Å²) in [5.74, 6) is 0. The summed E-state index contributed by atoms with van der Waals surface area (Å²) in [6.45, 7) is 0. The Morgan fingerprint density at radius 2 is 0.825 bits per heavy atom. The molecule has 9 aromatic carbocycles. The van der Waals surface area contributed by atoms with Gasteiger partial charge in [-0.25, -0.2) is 0 Å². The number of furan rings is 1. The Labute approximate surface area is 331 Å². The Balaban J connectivity index is 1.09. The fraction of sp³-hybridized carbons (Fsp3) is 0.0182. The third kappa shape index (κ3) is 4.53. The first-order valence-corrected chi connectivity index (χ1v) is 19.7. The monoisotopic (exact) mass is 725 g/mol. The van der Waals surface area contributed by atoms with Crippen molar-refractivity contribution < 1.29 is 4.42 Å². The van der Waals surface area contributed by atoms with Crippen LogP contribution in [0.2, 0.25) is 0 Å². The molecule has 2 aliphatic rings. The molecule has 57 heavy (non-hydrogen) atoms. The molecule has 0 atom stereocenters. The molecule has 12 rings (SSSR count). The molecule has 1 heterocycles. The van der Waals surface area contributed by atoms with Gasteiger partial charge in [0.15, 0.2) is 5.58 Å². The molecule has 1 spiro atoms. The van der Waals surface area contributed by atoms with Gasteiger partial charge in [-0.2, -0.15) is 0 Å². The molecule has 0 saturated carbocycles. The summed E-state index contributed by atoms with van der Waals surface area (Å²) in [5, 5.41) is 2.27. The van der Waals surface area contributed by atoms with Crippen LogP contribution >= 0.6 is 0 Å². The molecule has 0 bridgehead atoms. The Morgan fingerprint density at radius 1 is 0.351 bits per heavy atom. The SMILES string of the molecule is c1ccc(-c2ccc(N(c3ccc(-c4ccccc4)cc3)c3cccc4c3oc3ccc5c(c34)-c3ccccc3C53c4ccccc4-c4ccccc43)cc2)cc1. The van der Waals surface area contributed by atoms with E-state index in [1.165, 1.54) is 66.8 Å². The van der Waals surface area contributed by atoms with E-state index < -0.39 is 5.41 Å². The van der Waals surface area contributed by atoms with Crippen LogP contribution in [0.25, 0.3) is 66.4 Å². The maximum Gasteiger partial charge on any atom is 0.159 e. The lowest BCUT2D eigenvalue weighted by atomic mass is 9.70. The van der Waals surface area contributed by atoms with E-state index >= 15 is 0 Å². The van der Waals surface area contributed by atoms with Crippen molar-refractivity contribution in [2.45, 2.75) is 5.41 Å². The zero-order valence-corrected chi connectivity index (χ0v) is 31.1. The molecule has 0 unspecified atom stereocenters. The molecule has 0 amide bonds. The van der Waals surface area contributed by atoms with E-state index in [2.05, 4.69) is 217 Å².